The van der Waals surface area contributed by atoms with Crippen LogP contribution in [0.15, 0.2) is 37.7 Å². The normalized spacial score (nSPS) is 10.6. The topological polar surface area (TPSA) is 44.1 Å². The molecule has 0 N–H and O–H groups in total. The number of allylic oxidation sites excluding steroid dienone is 2. The third-order valence-electron chi connectivity index (χ3n) is 2.20. The van der Waals surface area contributed by atoms with E-state index < -0.39 is 11.9 Å². The number of ether oxygens (including phenoxy) is 1. The molecule has 0 bridgehead atoms. The summed E-state index contributed by atoms with van der Waals surface area (Å²) in [6.45, 7) is 6.92. The van der Waals surface area contributed by atoms with Gasteiger partial charge in [0, 0.05) is 6.42 Å². The molecule has 0 aliphatic carbocycles. The molecule has 4 nitrogen and oxygen atoms in total. The SMILES string of the molecule is C=CCOC(=O)c1c(CC=CF)nn(CC=C)c1F. The predicted molar refractivity (Wildman–Crippen MR) is 66.8 cm³/mol. The predicted octanol–water partition coefficient (Wildman–Crippen LogP) is 2.58. The molecule has 0 saturated heterocycles. The molecule has 1 aromatic rings. The van der Waals surface area contributed by atoms with Crippen molar-refractivity contribution in [2.75, 3.05) is 6.61 Å². The van der Waals surface area contributed by atoms with E-state index in [4.69, 9.17) is 4.74 Å². The molecule has 6 heteroatoms. The molecule has 0 spiro atoms. The lowest BCUT2D eigenvalue weighted by Crippen LogP contribution is -2.09. The Morgan fingerprint density at radius 2 is 2.16 bits per heavy atom. The summed E-state index contributed by atoms with van der Waals surface area (Å²) in [6, 6.07) is 0. The molecule has 19 heavy (non-hydrogen) atoms. The highest BCUT2D eigenvalue weighted by molar-refractivity contribution is 5.90. The van der Waals surface area contributed by atoms with Gasteiger partial charge in [0.15, 0.2) is 0 Å². The van der Waals surface area contributed by atoms with Crippen LogP contribution in [-0.2, 0) is 17.7 Å². The van der Waals surface area contributed by atoms with E-state index in [-0.39, 0.29) is 30.8 Å². The Balaban J connectivity index is 3.12. The lowest BCUT2D eigenvalue weighted by molar-refractivity contribution is 0.0542. The van der Waals surface area contributed by atoms with Crippen molar-refractivity contribution in [3.8, 4) is 0 Å². The van der Waals surface area contributed by atoms with Gasteiger partial charge in [0.05, 0.1) is 18.6 Å². The quantitative estimate of drug-likeness (QED) is 0.564. The number of nitrogens with zero attached hydrogens (tertiary/aromatic N) is 2. The zero-order chi connectivity index (χ0) is 14.3. The Labute approximate surface area is 109 Å². The Hall–Kier alpha value is -2.24. The van der Waals surface area contributed by atoms with Gasteiger partial charge >= 0.3 is 5.97 Å². The van der Waals surface area contributed by atoms with Crippen molar-refractivity contribution in [1.82, 2.24) is 9.78 Å². The Morgan fingerprint density at radius 1 is 1.42 bits per heavy atom. The van der Waals surface area contributed by atoms with Crippen LogP contribution in [0.4, 0.5) is 8.78 Å². The molecule has 0 aliphatic rings. The van der Waals surface area contributed by atoms with Crippen molar-refractivity contribution in [2.45, 2.75) is 13.0 Å². The molecule has 0 atom stereocenters. The van der Waals surface area contributed by atoms with Crippen LogP contribution >= 0.6 is 0 Å². The van der Waals surface area contributed by atoms with Crippen molar-refractivity contribution in [1.29, 1.82) is 0 Å². The second-order valence-electron chi connectivity index (χ2n) is 3.54. The molecule has 0 fully saturated rings. The zero-order valence-electron chi connectivity index (χ0n) is 10.3. The van der Waals surface area contributed by atoms with E-state index in [1.807, 2.05) is 0 Å². The molecule has 1 rings (SSSR count). The highest BCUT2D eigenvalue weighted by Gasteiger charge is 2.24. The van der Waals surface area contributed by atoms with Crippen molar-refractivity contribution >= 4 is 5.97 Å². The first-order valence-electron chi connectivity index (χ1n) is 5.55. The third kappa shape index (κ3) is 3.61. The van der Waals surface area contributed by atoms with Crippen LogP contribution in [0.5, 0.6) is 0 Å². The molecule has 0 aromatic carbocycles. The van der Waals surface area contributed by atoms with Gasteiger partial charge < -0.3 is 4.74 Å². The second-order valence-corrected chi connectivity index (χ2v) is 3.54. The van der Waals surface area contributed by atoms with Gasteiger partial charge in [-0.1, -0.05) is 24.8 Å². The fraction of sp³-hybridized carbons (Fsp3) is 0.231. The van der Waals surface area contributed by atoms with Gasteiger partial charge in [0.25, 0.3) is 0 Å². The number of hydrogen-bond donors (Lipinski definition) is 0. The summed E-state index contributed by atoms with van der Waals surface area (Å²) >= 11 is 0. The summed E-state index contributed by atoms with van der Waals surface area (Å²) in [5.41, 5.74) is -0.177. The molecule has 1 heterocycles. The molecular formula is C13H14F2N2O2. The van der Waals surface area contributed by atoms with E-state index in [0.29, 0.717) is 6.33 Å². The fourth-order valence-electron chi connectivity index (χ4n) is 1.44. The molecule has 0 saturated carbocycles. The number of rotatable bonds is 7. The third-order valence-corrected chi connectivity index (χ3v) is 2.20. The van der Waals surface area contributed by atoms with E-state index in [0.717, 1.165) is 10.8 Å². The minimum atomic E-state index is -0.852. The maximum atomic E-state index is 14.0. The second kappa shape index (κ2) is 7.25. The van der Waals surface area contributed by atoms with E-state index in [9.17, 15) is 13.6 Å². The van der Waals surface area contributed by atoms with Crippen LogP contribution in [0.3, 0.4) is 0 Å². The molecule has 0 amide bonds. The number of carbonyl (C=O) groups is 1. The maximum Gasteiger partial charge on any atom is 0.345 e. The standard InChI is InChI=1S/C13H14F2N2O2/c1-3-8-17-12(15)11(13(18)19-9-4-2)10(16-17)6-5-7-14/h3-5,7H,1-2,6,8-9H2. The van der Waals surface area contributed by atoms with Gasteiger partial charge in [-0.15, -0.1) is 6.58 Å². The van der Waals surface area contributed by atoms with Crippen molar-refractivity contribution in [3.05, 3.63) is 54.9 Å². The van der Waals surface area contributed by atoms with Gasteiger partial charge in [-0.25, -0.2) is 13.9 Å². The van der Waals surface area contributed by atoms with E-state index in [2.05, 4.69) is 18.3 Å². The first-order chi connectivity index (χ1) is 9.15. The average molecular weight is 268 g/mol. The highest BCUT2D eigenvalue weighted by atomic mass is 19.1. The van der Waals surface area contributed by atoms with Gasteiger partial charge in [-0.05, 0) is 0 Å². The minimum absolute atomic E-state index is 0.00388. The maximum absolute atomic E-state index is 14.0. The fourth-order valence-corrected chi connectivity index (χ4v) is 1.44. The molecule has 0 radical (unpaired) electrons. The smallest absolute Gasteiger partial charge is 0.345 e. The largest absolute Gasteiger partial charge is 0.458 e. The van der Waals surface area contributed by atoms with Gasteiger partial charge in [-0.3, -0.25) is 0 Å². The van der Waals surface area contributed by atoms with Gasteiger partial charge in [0.1, 0.15) is 12.2 Å². The van der Waals surface area contributed by atoms with Crippen LogP contribution < -0.4 is 0 Å². The lowest BCUT2D eigenvalue weighted by Gasteiger charge is -2.01. The van der Waals surface area contributed by atoms with Crippen LogP contribution in [0.25, 0.3) is 0 Å². The summed E-state index contributed by atoms with van der Waals surface area (Å²) in [5.74, 6) is -1.67. The first-order valence-corrected chi connectivity index (χ1v) is 5.55. The number of hydrogen-bond acceptors (Lipinski definition) is 3. The molecule has 0 aliphatic heterocycles. The Kier molecular flexibility index (Phi) is 5.66. The summed E-state index contributed by atoms with van der Waals surface area (Å²) in [6.07, 6.45) is 4.23. The summed E-state index contributed by atoms with van der Waals surface area (Å²) in [4.78, 5) is 11.7. The lowest BCUT2D eigenvalue weighted by atomic mass is 10.2. The Morgan fingerprint density at radius 3 is 2.74 bits per heavy atom. The molecular weight excluding hydrogens is 254 g/mol. The van der Waals surface area contributed by atoms with Crippen molar-refractivity contribution in [3.63, 3.8) is 0 Å². The summed E-state index contributed by atoms with van der Waals surface area (Å²) < 4.78 is 31.8. The molecule has 1 aromatic heterocycles. The first kappa shape index (κ1) is 14.8. The Bertz CT molecular complexity index is 507. The van der Waals surface area contributed by atoms with E-state index >= 15 is 0 Å². The monoisotopic (exact) mass is 268 g/mol. The zero-order valence-corrected chi connectivity index (χ0v) is 10.3. The minimum Gasteiger partial charge on any atom is -0.458 e. The molecule has 0 unspecified atom stereocenters. The van der Waals surface area contributed by atoms with E-state index in [1.54, 1.807) is 0 Å². The van der Waals surface area contributed by atoms with E-state index in [1.165, 1.54) is 12.2 Å². The van der Waals surface area contributed by atoms with Gasteiger partial charge in [0.2, 0.25) is 5.95 Å². The van der Waals surface area contributed by atoms with Crippen LogP contribution in [0, 0.1) is 5.95 Å². The number of aromatic nitrogens is 2. The van der Waals surface area contributed by atoms with Crippen molar-refractivity contribution in [2.24, 2.45) is 0 Å². The number of halogens is 2. The van der Waals surface area contributed by atoms with Gasteiger partial charge in [-0.2, -0.15) is 9.49 Å². The number of esters is 1. The van der Waals surface area contributed by atoms with Crippen molar-refractivity contribution < 1.29 is 18.3 Å². The summed E-state index contributed by atoms with van der Waals surface area (Å²) in [5, 5.41) is 3.89. The summed E-state index contributed by atoms with van der Waals surface area (Å²) in [7, 11) is 0. The number of carbonyl (C=O) groups excluding carboxylic acids is 1. The van der Waals surface area contributed by atoms with Crippen LogP contribution in [-0.4, -0.2) is 22.4 Å². The highest BCUT2D eigenvalue weighted by Crippen LogP contribution is 2.16. The van der Waals surface area contributed by atoms with Crippen LogP contribution in [0.2, 0.25) is 0 Å². The average Bonchev–Trinajstić information content (AvgIpc) is 2.71. The molecule has 102 valence electrons. The van der Waals surface area contributed by atoms with Crippen LogP contribution in [0.1, 0.15) is 16.1 Å².